The Bertz CT molecular complexity index is 368. The van der Waals surface area contributed by atoms with Crippen molar-refractivity contribution in [2.45, 2.75) is 0 Å². The number of anilines is 2. The maximum atomic E-state index is 11.2. The van der Waals surface area contributed by atoms with E-state index in [1.54, 1.807) is 18.0 Å². The number of amides is 1. The molecular weight excluding hydrogens is 258 g/mol. The number of hydrogen-bond acceptors (Lipinski definition) is 3. The molecule has 15 heavy (non-hydrogen) atoms. The number of rotatable bonds is 3. The van der Waals surface area contributed by atoms with Gasteiger partial charge in [-0.2, -0.15) is 0 Å². The molecule has 4 nitrogen and oxygen atoms in total. The van der Waals surface area contributed by atoms with Crippen molar-refractivity contribution in [2.24, 2.45) is 0 Å². The molecule has 1 aromatic carbocycles. The fourth-order valence-electron chi connectivity index (χ4n) is 1.23. The first kappa shape index (κ1) is 11.8. The number of likely N-dealkylation sites (N-methyl/N-ethyl adjacent to an activating group) is 2. The van der Waals surface area contributed by atoms with Crippen LogP contribution in [0.2, 0.25) is 0 Å². The largest absolute Gasteiger partial charge is 0.397 e. The molecule has 3 N–H and O–H groups in total. The highest BCUT2D eigenvalue weighted by Gasteiger charge is 2.08. The van der Waals surface area contributed by atoms with Gasteiger partial charge in [0.15, 0.2) is 0 Å². The summed E-state index contributed by atoms with van der Waals surface area (Å²) in [6, 6.07) is 5.56. The smallest absolute Gasteiger partial charge is 0.239 e. The second kappa shape index (κ2) is 5.02. The minimum absolute atomic E-state index is 0.0446. The van der Waals surface area contributed by atoms with Gasteiger partial charge in [-0.15, -0.1) is 0 Å². The number of halogens is 1. The molecule has 5 heteroatoms. The maximum absolute atomic E-state index is 11.2. The lowest BCUT2D eigenvalue weighted by molar-refractivity contribution is -0.119. The summed E-state index contributed by atoms with van der Waals surface area (Å²) in [6.07, 6.45) is 0. The highest BCUT2D eigenvalue weighted by Crippen LogP contribution is 2.25. The SMILES string of the molecule is CNC(=O)CN(C)c1cc(Br)ccc1N. The lowest BCUT2D eigenvalue weighted by atomic mass is 10.2. The summed E-state index contributed by atoms with van der Waals surface area (Å²) in [7, 11) is 3.44. The summed E-state index contributed by atoms with van der Waals surface area (Å²) in [6.45, 7) is 0.289. The summed E-state index contributed by atoms with van der Waals surface area (Å²) in [5.41, 5.74) is 7.31. The topological polar surface area (TPSA) is 58.4 Å². The first-order chi connectivity index (χ1) is 7.04. The van der Waals surface area contributed by atoms with E-state index in [0.29, 0.717) is 5.69 Å². The molecule has 0 aliphatic carbocycles. The van der Waals surface area contributed by atoms with Crippen molar-refractivity contribution in [2.75, 3.05) is 31.3 Å². The molecule has 1 aromatic rings. The molecule has 0 heterocycles. The van der Waals surface area contributed by atoms with Gasteiger partial charge in [0, 0.05) is 18.6 Å². The molecule has 0 fully saturated rings. The fourth-order valence-corrected chi connectivity index (χ4v) is 1.58. The lowest BCUT2D eigenvalue weighted by Crippen LogP contribution is -2.33. The van der Waals surface area contributed by atoms with Gasteiger partial charge in [-0.1, -0.05) is 15.9 Å². The Labute approximate surface area is 97.6 Å². The van der Waals surface area contributed by atoms with Crippen LogP contribution in [0.4, 0.5) is 11.4 Å². The molecule has 1 amide bonds. The number of nitrogens with one attached hydrogen (secondary N) is 1. The second-order valence-electron chi connectivity index (χ2n) is 3.23. The Hall–Kier alpha value is -1.23. The van der Waals surface area contributed by atoms with Gasteiger partial charge in [-0.25, -0.2) is 0 Å². The van der Waals surface area contributed by atoms with Gasteiger partial charge in [0.2, 0.25) is 5.91 Å². The number of carbonyl (C=O) groups is 1. The minimum atomic E-state index is -0.0446. The molecule has 82 valence electrons. The zero-order valence-electron chi connectivity index (χ0n) is 8.75. The molecule has 0 bridgehead atoms. The van der Waals surface area contributed by atoms with Crippen LogP contribution in [-0.2, 0) is 4.79 Å². The molecule has 0 radical (unpaired) electrons. The third-order valence-electron chi connectivity index (χ3n) is 2.06. The monoisotopic (exact) mass is 271 g/mol. The van der Waals surface area contributed by atoms with E-state index >= 15 is 0 Å². The Morgan fingerprint density at radius 1 is 1.60 bits per heavy atom. The van der Waals surface area contributed by atoms with Crippen LogP contribution >= 0.6 is 15.9 Å². The van der Waals surface area contributed by atoms with Gasteiger partial charge in [0.25, 0.3) is 0 Å². The Kier molecular flexibility index (Phi) is 3.96. The van der Waals surface area contributed by atoms with Crippen molar-refractivity contribution in [3.8, 4) is 0 Å². The summed E-state index contributed by atoms with van der Waals surface area (Å²) in [5, 5.41) is 2.57. The van der Waals surface area contributed by atoms with Crippen molar-refractivity contribution >= 4 is 33.2 Å². The average Bonchev–Trinajstić information content (AvgIpc) is 2.21. The molecule has 0 aliphatic rings. The molecule has 0 saturated heterocycles. The summed E-state index contributed by atoms with van der Waals surface area (Å²) in [5.74, 6) is -0.0446. The number of nitrogens with zero attached hydrogens (tertiary/aromatic N) is 1. The zero-order chi connectivity index (χ0) is 11.4. The van der Waals surface area contributed by atoms with Gasteiger partial charge in [0.1, 0.15) is 0 Å². The molecule has 0 spiro atoms. The van der Waals surface area contributed by atoms with Crippen LogP contribution in [0.5, 0.6) is 0 Å². The summed E-state index contributed by atoms with van der Waals surface area (Å²) in [4.78, 5) is 13.0. The van der Waals surface area contributed by atoms with Crippen LogP contribution in [0.1, 0.15) is 0 Å². The number of benzene rings is 1. The molecule has 0 aromatic heterocycles. The number of nitrogen functional groups attached to an aromatic ring is 1. The van der Waals surface area contributed by atoms with Crippen LogP contribution in [0.3, 0.4) is 0 Å². The zero-order valence-corrected chi connectivity index (χ0v) is 10.3. The van der Waals surface area contributed by atoms with Crippen molar-refractivity contribution in [3.63, 3.8) is 0 Å². The van der Waals surface area contributed by atoms with E-state index < -0.39 is 0 Å². The Morgan fingerprint density at radius 3 is 2.87 bits per heavy atom. The van der Waals surface area contributed by atoms with Gasteiger partial charge >= 0.3 is 0 Å². The number of carbonyl (C=O) groups excluding carboxylic acids is 1. The fraction of sp³-hybridized carbons (Fsp3) is 0.300. The summed E-state index contributed by atoms with van der Waals surface area (Å²) >= 11 is 3.37. The normalized spacial score (nSPS) is 9.80. The second-order valence-corrected chi connectivity index (χ2v) is 4.15. The average molecular weight is 272 g/mol. The molecule has 0 atom stereocenters. The van der Waals surface area contributed by atoms with Crippen LogP contribution in [0.15, 0.2) is 22.7 Å². The highest BCUT2D eigenvalue weighted by atomic mass is 79.9. The Morgan fingerprint density at radius 2 is 2.27 bits per heavy atom. The van der Waals surface area contributed by atoms with Crippen LogP contribution < -0.4 is 16.0 Å². The molecule has 0 unspecified atom stereocenters. The number of nitrogens with two attached hydrogens (primary N) is 1. The third-order valence-corrected chi connectivity index (χ3v) is 2.56. The first-order valence-corrected chi connectivity index (χ1v) is 5.30. The van der Waals surface area contributed by atoms with E-state index in [9.17, 15) is 4.79 Å². The van der Waals surface area contributed by atoms with Crippen molar-refractivity contribution in [3.05, 3.63) is 22.7 Å². The molecular formula is C10H14BrN3O. The molecule has 0 saturated carbocycles. The van der Waals surface area contributed by atoms with E-state index in [1.165, 1.54) is 0 Å². The highest BCUT2D eigenvalue weighted by molar-refractivity contribution is 9.10. The van der Waals surface area contributed by atoms with Gasteiger partial charge in [0.05, 0.1) is 17.9 Å². The van der Waals surface area contributed by atoms with Crippen molar-refractivity contribution in [1.82, 2.24) is 5.32 Å². The quantitative estimate of drug-likeness (QED) is 0.813. The van der Waals surface area contributed by atoms with Crippen LogP contribution in [0.25, 0.3) is 0 Å². The predicted molar refractivity (Wildman–Crippen MR) is 65.9 cm³/mol. The van der Waals surface area contributed by atoms with E-state index in [2.05, 4.69) is 21.2 Å². The summed E-state index contributed by atoms with van der Waals surface area (Å²) < 4.78 is 0.940. The van der Waals surface area contributed by atoms with E-state index in [1.807, 2.05) is 19.2 Å². The lowest BCUT2D eigenvalue weighted by Gasteiger charge is -2.20. The van der Waals surface area contributed by atoms with Crippen LogP contribution in [0, 0.1) is 0 Å². The van der Waals surface area contributed by atoms with Gasteiger partial charge in [-0.05, 0) is 18.2 Å². The minimum Gasteiger partial charge on any atom is -0.397 e. The van der Waals surface area contributed by atoms with E-state index in [4.69, 9.17) is 5.73 Å². The van der Waals surface area contributed by atoms with E-state index in [-0.39, 0.29) is 12.5 Å². The first-order valence-electron chi connectivity index (χ1n) is 4.51. The molecule has 0 aliphatic heterocycles. The maximum Gasteiger partial charge on any atom is 0.239 e. The van der Waals surface area contributed by atoms with Crippen molar-refractivity contribution < 1.29 is 4.79 Å². The number of hydrogen-bond donors (Lipinski definition) is 2. The van der Waals surface area contributed by atoms with Crippen LogP contribution in [-0.4, -0.2) is 26.5 Å². The molecule has 1 rings (SSSR count). The third kappa shape index (κ3) is 3.13. The Balaban J connectivity index is 2.85. The van der Waals surface area contributed by atoms with Gasteiger partial charge in [-0.3, -0.25) is 4.79 Å². The van der Waals surface area contributed by atoms with E-state index in [0.717, 1.165) is 10.2 Å². The predicted octanol–water partition coefficient (Wildman–Crippen LogP) is 1.21. The van der Waals surface area contributed by atoms with Crippen molar-refractivity contribution in [1.29, 1.82) is 0 Å². The van der Waals surface area contributed by atoms with Gasteiger partial charge < -0.3 is 16.0 Å². The standard InChI is InChI=1S/C10H14BrN3O/c1-13-10(15)6-14(2)9-5-7(11)3-4-8(9)12/h3-5H,6,12H2,1-2H3,(H,13,15).